The normalized spacial score (nSPS) is 16.2. The molecule has 1 aliphatic heterocycles. The summed E-state index contributed by atoms with van der Waals surface area (Å²) in [5, 5.41) is 8.64. The standard InChI is InChI=1S/C11H12FNO2/c12-9-6-13(7-9)10-3-1-2-8(4-10)5-11(14)15/h1-4,9H,5-7H2,(H,14,15). The third-order valence-electron chi connectivity index (χ3n) is 2.47. The molecule has 0 aliphatic carbocycles. The SMILES string of the molecule is O=C(O)Cc1cccc(N2CC(F)C2)c1. The van der Waals surface area contributed by atoms with Crippen LogP contribution < -0.4 is 4.90 Å². The lowest BCUT2D eigenvalue weighted by Crippen LogP contribution is -2.48. The maximum absolute atomic E-state index is 12.6. The third-order valence-corrected chi connectivity index (χ3v) is 2.47. The Morgan fingerprint density at radius 1 is 1.53 bits per heavy atom. The van der Waals surface area contributed by atoms with Crippen LogP contribution in [0.5, 0.6) is 0 Å². The van der Waals surface area contributed by atoms with Crippen LogP contribution in [0.1, 0.15) is 5.56 Å². The minimum Gasteiger partial charge on any atom is -0.481 e. The monoisotopic (exact) mass is 209 g/mol. The van der Waals surface area contributed by atoms with E-state index in [-0.39, 0.29) is 6.42 Å². The van der Waals surface area contributed by atoms with Crippen LogP contribution in [0.4, 0.5) is 10.1 Å². The van der Waals surface area contributed by atoms with E-state index in [0.717, 1.165) is 11.3 Å². The summed E-state index contributed by atoms with van der Waals surface area (Å²) in [6, 6.07) is 7.25. The quantitative estimate of drug-likeness (QED) is 0.819. The highest BCUT2D eigenvalue weighted by Gasteiger charge is 2.26. The van der Waals surface area contributed by atoms with Gasteiger partial charge in [-0.3, -0.25) is 4.79 Å². The summed E-state index contributed by atoms with van der Waals surface area (Å²) in [7, 11) is 0. The second kappa shape index (κ2) is 3.88. The summed E-state index contributed by atoms with van der Waals surface area (Å²) in [6.07, 6.45) is -0.728. The van der Waals surface area contributed by atoms with E-state index in [1.807, 2.05) is 11.0 Å². The Hall–Kier alpha value is -1.58. The van der Waals surface area contributed by atoms with Crippen LogP contribution in [0.25, 0.3) is 0 Å². The Morgan fingerprint density at radius 3 is 2.87 bits per heavy atom. The predicted molar refractivity (Wildman–Crippen MR) is 54.9 cm³/mol. The number of benzene rings is 1. The van der Waals surface area contributed by atoms with Crippen LogP contribution in [-0.4, -0.2) is 30.3 Å². The molecule has 15 heavy (non-hydrogen) atoms. The van der Waals surface area contributed by atoms with E-state index in [2.05, 4.69) is 0 Å². The maximum atomic E-state index is 12.6. The van der Waals surface area contributed by atoms with Gasteiger partial charge in [0, 0.05) is 5.69 Å². The highest BCUT2D eigenvalue weighted by molar-refractivity contribution is 5.71. The molecule has 1 heterocycles. The highest BCUT2D eigenvalue weighted by Crippen LogP contribution is 2.23. The lowest BCUT2D eigenvalue weighted by atomic mass is 10.1. The van der Waals surface area contributed by atoms with Gasteiger partial charge in [-0.1, -0.05) is 12.1 Å². The zero-order valence-corrected chi connectivity index (χ0v) is 8.19. The van der Waals surface area contributed by atoms with Gasteiger partial charge < -0.3 is 10.0 Å². The molecule has 3 nitrogen and oxygen atoms in total. The zero-order chi connectivity index (χ0) is 10.8. The van der Waals surface area contributed by atoms with E-state index in [9.17, 15) is 9.18 Å². The molecule has 1 aromatic rings. The highest BCUT2D eigenvalue weighted by atomic mass is 19.1. The zero-order valence-electron chi connectivity index (χ0n) is 8.19. The van der Waals surface area contributed by atoms with Gasteiger partial charge >= 0.3 is 5.97 Å². The second-order valence-corrected chi connectivity index (χ2v) is 3.74. The first-order valence-corrected chi connectivity index (χ1v) is 4.85. The van der Waals surface area contributed by atoms with E-state index < -0.39 is 12.1 Å². The number of carboxylic acid groups (broad SMARTS) is 1. The maximum Gasteiger partial charge on any atom is 0.307 e. The van der Waals surface area contributed by atoms with E-state index in [0.29, 0.717) is 13.1 Å². The average Bonchev–Trinajstić information content (AvgIpc) is 2.12. The first-order valence-electron chi connectivity index (χ1n) is 4.85. The molecule has 1 saturated heterocycles. The Bertz CT molecular complexity index is 375. The van der Waals surface area contributed by atoms with Crippen molar-refractivity contribution in [2.45, 2.75) is 12.6 Å². The fourth-order valence-electron chi connectivity index (χ4n) is 1.67. The van der Waals surface area contributed by atoms with Crippen LogP contribution >= 0.6 is 0 Å². The van der Waals surface area contributed by atoms with Crippen LogP contribution in [-0.2, 0) is 11.2 Å². The smallest absolute Gasteiger partial charge is 0.307 e. The van der Waals surface area contributed by atoms with Crippen molar-refractivity contribution in [2.24, 2.45) is 0 Å². The fraction of sp³-hybridized carbons (Fsp3) is 0.364. The Kier molecular flexibility index (Phi) is 2.58. The third kappa shape index (κ3) is 2.26. The summed E-state index contributed by atoms with van der Waals surface area (Å²) >= 11 is 0. The Morgan fingerprint density at radius 2 is 2.27 bits per heavy atom. The molecule has 0 bridgehead atoms. The van der Waals surface area contributed by atoms with Gasteiger partial charge in [0.2, 0.25) is 0 Å². The van der Waals surface area contributed by atoms with Crippen molar-refractivity contribution in [3.05, 3.63) is 29.8 Å². The largest absolute Gasteiger partial charge is 0.481 e. The first-order chi connectivity index (χ1) is 7.15. The van der Waals surface area contributed by atoms with Crippen molar-refractivity contribution in [2.75, 3.05) is 18.0 Å². The van der Waals surface area contributed by atoms with Crippen LogP contribution in [0, 0.1) is 0 Å². The molecule has 80 valence electrons. The molecule has 0 aromatic heterocycles. The number of aliphatic carboxylic acids is 1. The molecule has 1 fully saturated rings. The molecule has 4 heteroatoms. The molecule has 0 amide bonds. The molecule has 1 aromatic carbocycles. The van der Waals surface area contributed by atoms with E-state index >= 15 is 0 Å². The summed E-state index contributed by atoms with van der Waals surface area (Å²) in [6.45, 7) is 0.826. The van der Waals surface area contributed by atoms with Gasteiger partial charge in [0.15, 0.2) is 0 Å². The number of carbonyl (C=O) groups is 1. The molecular weight excluding hydrogens is 197 g/mol. The number of rotatable bonds is 3. The van der Waals surface area contributed by atoms with Gasteiger partial charge in [-0.15, -0.1) is 0 Å². The molecule has 0 unspecified atom stereocenters. The fourth-order valence-corrected chi connectivity index (χ4v) is 1.67. The molecule has 1 aliphatic rings. The number of hydrogen-bond acceptors (Lipinski definition) is 2. The number of halogens is 1. The number of hydrogen-bond donors (Lipinski definition) is 1. The molecule has 1 N–H and O–H groups in total. The number of nitrogens with zero attached hydrogens (tertiary/aromatic N) is 1. The van der Waals surface area contributed by atoms with Crippen molar-refractivity contribution in [3.63, 3.8) is 0 Å². The molecule has 2 rings (SSSR count). The summed E-state index contributed by atoms with van der Waals surface area (Å²) in [4.78, 5) is 12.4. The number of carboxylic acids is 1. The lowest BCUT2D eigenvalue weighted by Gasteiger charge is -2.36. The van der Waals surface area contributed by atoms with Crippen LogP contribution in [0.2, 0.25) is 0 Å². The van der Waals surface area contributed by atoms with E-state index in [1.54, 1.807) is 18.2 Å². The molecule has 0 spiro atoms. The average molecular weight is 209 g/mol. The topological polar surface area (TPSA) is 40.5 Å². The van der Waals surface area contributed by atoms with Crippen molar-refractivity contribution >= 4 is 11.7 Å². The molecule has 0 radical (unpaired) electrons. The van der Waals surface area contributed by atoms with Gasteiger partial charge in [-0.05, 0) is 17.7 Å². The van der Waals surface area contributed by atoms with Crippen molar-refractivity contribution in [1.82, 2.24) is 0 Å². The van der Waals surface area contributed by atoms with Gasteiger partial charge in [0.05, 0.1) is 19.5 Å². The molecule has 0 saturated carbocycles. The number of anilines is 1. The Labute approximate surface area is 87.1 Å². The van der Waals surface area contributed by atoms with Crippen LogP contribution in [0.15, 0.2) is 24.3 Å². The molecular formula is C11H12FNO2. The van der Waals surface area contributed by atoms with E-state index in [4.69, 9.17) is 5.11 Å². The lowest BCUT2D eigenvalue weighted by molar-refractivity contribution is -0.136. The second-order valence-electron chi connectivity index (χ2n) is 3.74. The van der Waals surface area contributed by atoms with Crippen molar-refractivity contribution < 1.29 is 14.3 Å². The van der Waals surface area contributed by atoms with E-state index in [1.165, 1.54) is 0 Å². The van der Waals surface area contributed by atoms with Gasteiger partial charge in [0.1, 0.15) is 6.17 Å². The van der Waals surface area contributed by atoms with Crippen LogP contribution in [0.3, 0.4) is 0 Å². The van der Waals surface area contributed by atoms with Crippen molar-refractivity contribution in [1.29, 1.82) is 0 Å². The first kappa shape index (κ1) is 9.96. The minimum absolute atomic E-state index is 0.0146. The summed E-state index contributed by atoms with van der Waals surface area (Å²) in [5.41, 5.74) is 1.66. The van der Waals surface area contributed by atoms with Crippen molar-refractivity contribution in [3.8, 4) is 0 Å². The predicted octanol–water partition coefficient (Wildman–Crippen LogP) is 1.47. The summed E-state index contributed by atoms with van der Waals surface area (Å²) in [5.74, 6) is -0.848. The van der Waals surface area contributed by atoms with Gasteiger partial charge in [-0.2, -0.15) is 0 Å². The minimum atomic E-state index is -0.848. The Balaban J connectivity index is 2.09. The summed E-state index contributed by atoms with van der Waals surface area (Å²) < 4.78 is 12.6. The molecule has 0 atom stereocenters. The van der Waals surface area contributed by atoms with Gasteiger partial charge in [-0.25, -0.2) is 4.39 Å². The van der Waals surface area contributed by atoms with Gasteiger partial charge in [0.25, 0.3) is 0 Å². The number of alkyl halides is 1.